The van der Waals surface area contributed by atoms with E-state index in [4.69, 9.17) is 4.74 Å². The van der Waals surface area contributed by atoms with Crippen molar-refractivity contribution < 1.29 is 9.53 Å². The Hall–Kier alpha value is -0.610. The largest absolute Gasteiger partial charge is 0.469 e. The van der Waals surface area contributed by atoms with Crippen molar-refractivity contribution in [3.8, 4) is 0 Å². The number of piperidine rings is 1. The number of hydrogen-bond donors (Lipinski definition) is 1. The van der Waals surface area contributed by atoms with Crippen molar-refractivity contribution in [3.63, 3.8) is 0 Å². The minimum absolute atomic E-state index is 0.0756. The van der Waals surface area contributed by atoms with Gasteiger partial charge in [-0.3, -0.25) is 9.69 Å². The van der Waals surface area contributed by atoms with Crippen LogP contribution in [0, 0.1) is 5.92 Å². The number of methoxy groups -OCH3 is 1. The number of ether oxygens (including phenoxy) is 1. The van der Waals surface area contributed by atoms with Gasteiger partial charge < -0.3 is 10.1 Å². The second-order valence-electron chi connectivity index (χ2n) is 6.40. The third-order valence-electron chi connectivity index (χ3n) is 4.33. The van der Waals surface area contributed by atoms with Crippen molar-refractivity contribution in [3.05, 3.63) is 0 Å². The van der Waals surface area contributed by atoms with Gasteiger partial charge >= 0.3 is 5.97 Å². The Morgan fingerprint density at radius 2 is 2.05 bits per heavy atom. The number of likely N-dealkylation sites (tertiary alicyclic amines) is 1. The first-order chi connectivity index (χ1) is 9.08. The van der Waals surface area contributed by atoms with Crippen LogP contribution in [0.1, 0.15) is 46.0 Å². The molecule has 4 nitrogen and oxygen atoms in total. The minimum Gasteiger partial charge on any atom is -0.469 e. The predicted octanol–water partition coefficient (Wildman–Crippen LogP) is 1.79. The van der Waals surface area contributed by atoms with Gasteiger partial charge in [0.2, 0.25) is 0 Å². The lowest BCUT2D eigenvalue weighted by atomic mass is 9.89. The van der Waals surface area contributed by atoms with E-state index in [0.29, 0.717) is 24.4 Å². The molecule has 0 bridgehead atoms. The van der Waals surface area contributed by atoms with Crippen LogP contribution in [0.15, 0.2) is 0 Å². The lowest BCUT2D eigenvalue weighted by molar-refractivity contribution is -0.141. The first-order valence-electron chi connectivity index (χ1n) is 7.65. The van der Waals surface area contributed by atoms with Gasteiger partial charge in [0, 0.05) is 37.6 Å². The molecule has 4 heteroatoms. The Bertz CT molecular complexity index is 303. The van der Waals surface area contributed by atoms with E-state index >= 15 is 0 Å². The van der Waals surface area contributed by atoms with E-state index < -0.39 is 0 Å². The molecular formula is C15H28N2O2. The molecule has 0 aromatic carbocycles. The van der Waals surface area contributed by atoms with Gasteiger partial charge in [-0.25, -0.2) is 0 Å². The molecule has 2 rings (SSSR count). The van der Waals surface area contributed by atoms with Gasteiger partial charge in [0.1, 0.15) is 0 Å². The van der Waals surface area contributed by atoms with Gasteiger partial charge in [-0.15, -0.1) is 0 Å². The van der Waals surface area contributed by atoms with Crippen molar-refractivity contribution in [2.75, 3.05) is 20.2 Å². The Morgan fingerprint density at radius 3 is 2.63 bits per heavy atom. The SMILES string of the molecule is COC(=O)CCC1CC(NC2CC2)CN(C(C)C)C1. The molecule has 19 heavy (non-hydrogen) atoms. The third kappa shape index (κ3) is 4.77. The van der Waals surface area contributed by atoms with E-state index in [2.05, 4.69) is 24.1 Å². The molecule has 2 atom stereocenters. The first kappa shape index (κ1) is 14.8. The van der Waals surface area contributed by atoms with Crippen LogP contribution >= 0.6 is 0 Å². The Labute approximate surface area is 116 Å². The molecule has 1 N–H and O–H groups in total. The molecule has 0 radical (unpaired) electrons. The Balaban J connectivity index is 1.83. The molecule has 2 aliphatic rings. The van der Waals surface area contributed by atoms with E-state index in [-0.39, 0.29) is 5.97 Å². The van der Waals surface area contributed by atoms with E-state index in [0.717, 1.165) is 25.6 Å². The number of carbonyl (C=O) groups is 1. The molecular weight excluding hydrogens is 240 g/mol. The summed E-state index contributed by atoms with van der Waals surface area (Å²) in [5.41, 5.74) is 0. The number of rotatable bonds is 6. The number of esters is 1. The predicted molar refractivity (Wildman–Crippen MR) is 76.0 cm³/mol. The molecule has 1 aliphatic carbocycles. The van der Waals surface area contributed by atoms with Crippen LogP contribution in [0.3, 0.4) is 0 Å². The first-order valence-corrected chi connectivity index (χ1v) is 7.65. The second-order valence-corrected chi connectivity index (χ2v) is 6.40. The molecule has 0 aromatic rings. The van der Waals surface area contributed by atoms with Crippen molar-refractivity contribution >= 4 is 5.97 Å². The summed E-state index contributed by atoms with van der Waals surface area (Å²) >= 11 is 0. The van der Waals surface area contributed by atoms with Gasteiger partial charge in [0.15, 0.2) is 0 Å². The highest BCUT2D eigenvalue weighted by Crippen LogP contribution is 2.26. The van der Waals surface area contributed by atoms with Crippen LogP contribution in [0.25, 0.3) is 0 Å². The topological polar surface area (TPSA) is 41.6 Å². The number of nitrogens with zero attached hydrogens (tertiary/aromatic N) is 1. The molecule has 2 unspecified atom stereocenters. The van der Waals surface area contributed by atoms with Crippen LogP contribution in [0.5, 0.6) is 0 Å². The van der Waals surface area contributed by atoms with E-state index in [1.165, 1.54) is 26.4 Å². The maximum absolute atomic E-state index is 11.3. The van der Waals surface area contributed by atoms with Crippen LogP contribution < -0.4 is 5.32 Å². The van der Waals surface area contributed by atoms with Crippen LogP contribution in [-0.2, 0) is 9.53 Å². The summed E-state index contributed by atoms with van der Waals surface area (Å²) in [5.74, 6) is 0.542. The van der Waals surface area contributed by atoms with Crippen molar-refractivity contribution in [1.29, 1.82) is 0 Å². The summed E-state index contributed by atoms with van der Waals surface area (Å²) in [5, 5.41) is 3.75. The van der Waals surface area contributed by atoms with Crippen LogP contribution in [-0.4, -0.2) is 49.2 Å². The molecule has 0 amide bonds. The highest BCUT2D eigenvalue weighted by Gasteiger charge is 2.32. The molecule has 1 aliphatic heterocycles. The zero-order chi connectivity index (χ0) is 13.8. The third-order valence-corrected chi connectivity index (χ3v) is 4.33. The van der Waals surface area contributed by atoms with Gasteiger partial charge in [0.05, 0.1) is 7.11 Å². The Morgan fingerprint density at radius 1 is 1.32 bits per heavy atom. The summed E-state index contributed by atoms with van der Waals surface area (Å²) < 4.78 is 4.75. The van der Waals surface area contributed by atoms with Crippen molar-refractivity contribution in [2.24, 2.45) is 5.92 Å². The standard InChI is InChI=1S/C15H28N2O2/c1-11(2)17-9-12(4-7-15(18)19-3)8-14(10-17)16-13-5-6-13/h11-14,16H,4-10H2,1-3H3. The maximum atomic E-state index is 11.3. The normalized spacial score (nSPS) is 28.6. The van der Waals surface area contributed by atoms with Gasteiger partial charge in [-0.05, 0) is 45.4 Å². The molecule has 0 spiro atoms. The Kier molecular flexibility index (Phi) is 5.22. The van der Waals surface area contributed by atoms with Crippen LogP contribution in [0.2, 0.25) is 0 Å². The average Bonchev–Trinajstić information content (AvgIpc) is 3.19. The zero-order valence-electron chi connectivity index (χ0n) is 12.5. The molecule has 2 fully saturated rings. The summed E-state index contributed by atoms with van der Waals surface area (Å²) in [7, 11) is 1.47. The van der Waals surface area contributed by atoms with E-state index in [1.807, 2.05) is 0 Å². The molecule has 110 valence electrons. The highest BCUT2D eigenvalue weighted by molar-refractivity contribution is 5.69. The number of carbonyl (C=O) groups excluding carboxylic acids is 1. The second kappa shape index (κ2) is 6.71. The summed E-state index contributed by atoms with van der Waals surface area (Å²) in [6.45, 7) is 6.80. The average molecular weight is 268 g/mol. The monoisotopic (exact) mass is 268 g/mol. The summed E-state index contributed by atoms with van der Waals surface area (Å²) in [6, 6.07) is 1.95. The maximum Gasteiger partial charge on any atom is 0.305 e. The van der Waals surface area contributed by atoms with Gasteiger partial charge in [0.25, 0.3) is 0 Å². The fourth-order valence-electron chi connectivity index (χ4n) is 3.00. The van der Waals surface area contributed by atoms with Crippen molar-refractivity contribution in [1.82, 2.24) is 10.2 Å². The molecule has 1 heterocycles. The number of nitrogens with one attached hydrogen (secondary N) is 1. The fourth-order valence-corrected chi connectivity index (χ4v) is 3.00. The lowest BCUT2D eigenvalue weighted by Gasteiger charge is -2.40. The van der Waals surface area contributed by atoms with Gasteiger partial charge in [-0.2, -0.15) is 0 Å². The van der Waals surface area contributed by atoms with E-state index in [1.54, 1.807) is 0 Å². The highest BCUT2D eigenvalue weighted by atomic mass is 16.5. The summed E-state index contributed by atoms with van der Waals surface area (Å²) in [4.78, 5) is 13.8. The van der Waals surface area contributed by atoms with Crippen LogP contribution in [0.4, 0.5) is 0 Å². The minimum atomic E-state index is -0.0756. The smallest absolute Gasteiger partial charge is 0.305 e. The molecule has 0 aromatic heterocycles. The fraction of sp³-hybridized carbons (Fsp3) is 0.933. The molecule has 1 saturated heterocycles. The van der Waals surface area contributed by atoms with Crippen molar-refractivity contribution in [2.45, 2.75) is 64.1 Å². The summed E-state index contributed by atoms with van der Waals surface area (Å²) in [6.07, 6.45) is 5.40. The zero-order valence-corrected chi connectivity index (χ0v) is 12.5. The quantitative estimate of drug-likeness (QED) is 0.746. The lowest BCUT2D eigenvalue weighted by Crippen LogP contribution is -2.52. The number of hydrogen-bond acceptors (Lipinski definition) is 4. The van der Waals surface area contributed by atoms with E-state index in [9.17, 15) is 4.79 Å². The molecule has 1 saturated carbocycles. The van der Waals surface area contributed by atoms with Gasteiger partial charge in [-0.1, -0.05) is 0 Å².